The number of hydrogen-bond acceptors (Lipinski definition) is 3. The quantitative estimate of drug-likeness (QED) is 0.762. The SMILES string of the molecule is C#CCN(Cc1ccc(F)cc1)C(=O)c1cc(Cl)c2c(c1)OCCCO2. The van der Waals surface area contributed by atoms with Crippen LogP contribution in [0.3, 0.4) is 0 Å². The van der Waals surface area contributed by atoms with Crippen LogP contribution in [0.2, 0.25) is 5.02 Å². The Hall–Kier alpha value is -2.71. The van der Waals surface area contributed by atoms with Gasteiger partial charge >= 0.3 is 0 Å². The fourth-order valence-electron chi connectivity index (χ4n) is 2.66. The van der Waals surface area contributed by atoms with Crippen LogP contribution in [0.4, 0.5) is 4.39 Å². The van der Waals surface area contributed by atoms with Gasteiger partial charge in [0.15, 0.2) is 11.5 Å². The summed E-state index contributed by atoms with van der Waals surface area (Å²) in [6.45, 7) is 1.37. The zero-order valence-corrected chi connectivity index (χ0v) is 14.8. The highest BCUT2D eigenvalue weighted by atomic mass is 35.5. The Bertz CT molecular complexity index is 845. The van der Waals surface area contributed by atoms with E-state index in [4.69, 9.17) is 27.5 Å². The molecule has 0 aliphatic carbocycles. The number of hydrogen-bond donors (Lipinski definition) is 0. The number of carbonyl (C=O) groups is 1. The Morgan fingerprint density at radius 3 is 2.69 bits per heavy atom. The summed E-state index contributed by atoms with van der Waals surface area (Å²) >= 11 is 6.27. The minimum atomic E-state index is -0.335. The number of terminal acetylenes is 1. The second-order valence-corrected chi connectivity index (χ2v) is 6.23. The molecule has 0 unspecified atom stereocenters. The number of nitrogens with zero attached hydrogens (tertiary/aromatic N) is 1. The third-order valence-corrected chi connectivity index (χ3v) is 4.19. The van der Waals surface area contributed by atoms with E-state index in [1.54, 1.807) is 24.3 Å². The van der Waals surface area contributed by atoms with Gasteiger partial charge in [0.2, 0.25) is 0 Å². The van der Waals surface area contributed by atoms with Gasteiger partial charge in [-0.05, 0) is 29.8 Å². The topological polar surface area (TPSA) is 38.8 Å². The fourth-order valence-corrected chi connectivity index (χ4v) is 2.92. The molecule has 0 bridgehead atoms. The van der Waals surface area contributed by atoms with Crippen LogP contribution in [0.5, 0.6) is 11.5 Å². The van der Waals surface area contributed by atoms with E-state index in [9.17, 15) is 9.18 Å². The molecule has 0 fully saturated rings. The number of benzene rings is 2. The molecule has 0 N–H and O–H groups in total. The second-order valence-electron chi connectivity index (χ2n) is 5.83. The molecule has 0 spiro atoms. The predicted molar refractivity (Wildman–Crippen MR) is 97.0 cm³/mol. The Morgan fingerprint density at radius 1 is 1.23 bits per heavy atom. The van der Waals surface area contributed by atoms with Gasteiger partial charge in [-0.1, -0.05) is 29.7 Å². The predicted octanol–water partition coefficient (Wildman–Crippen LogP) is 3.92. The summed E-state index contributed by atoms with van der Waals surface area (Å²) in [6, 6.07) is 9.09. The fraction of sp³-hybridized carbons (Fsp3) is 0.250. The molecule has 0 radical (unpaired) electrons. The molecular formula is C20H17ClFNO3. The maximum atomic E-state index is 13.1. The van der Waals surface area contributed by atoms with Crippen LogP contribution in [0.25, 0.3) is 0 Å². The van der Waals surface area contributed by atoms with E-state index in [2.05, 4.69) is 5.92 Å². The molecule has 1 aliphatic heterocycles. The van der Waals surface area contributed by atoms with Gasteiger partial charge in [-0.2, -0.15) is 0 Å². The summed E-state index contributed by atoms with van der Waals surface area (Å²) in [5.74, 6) is 2.75. The monoisotopic (exact) mass is 373 g/mol. The first-order valence-electron chi connectivity index (χ1n) is 8.15. The normalized spacial score (nSPS) is 12.8. The van der Waals surface area contributed by atoms with E-state index >= 15 is 0 Å². The molecule has 3 rings (SSSR count). The van der Waals surface area contributed by atoms with Crippen LogP contribution in [0.15, 0.2) is 36.4 Å². The average molecular weight is 374 g/mol. The highest BCUT2D eigenvalue weighted by molar-refractivity contribution is 6.32. The maximum Gasteiger partial charge on any atom is 0.255 e. The minimum Gasteiger partial charge on any atom is -0.489 e. The first-order valence-corrected chi connectivity index (χ1v) is 8.52. The molecule has 2 aromatic carbocycles. The number of fused-ring (bicyclic) bond motifs is 1. The van der Waals surface area contributed by atoms with Crippen molar-refractivity contribution in [3.05, 3.63) is 58.4 Å². The highest BCUT2D eigenvalue weighted by Crippen LogP contribution is 2.38. The Balaban J connectivity index is 1.87. The van der Waals surface area contributed by atoms with Crippen molar-refractivity contribution in [3.8, 4) is 23.8 Å². The Kier molecular flexibility index (Phi) is 5.65. The number of amides is 1. The lowest BCUT2D eigenvalue weighted by molar-refractivity contribution is 0.0765. The molecule has 0 saturated carbocycles. The molecule has 1 aliphatic rings. The lowest BCUT2D eigenvalue weighted by Gasteiger charge is -2.21. The van der Waals surface area contributed by atoms with Crippen molar-refractivity contribution < 1.29 is 18.7 Å². The van der Waals surface area contributed by atoms with Gasteiger partial charge in [0.05, 0.1) is 24.8 Å². The number of rotatable bonds is 4. The van der Waals surface area contributed by atoms with E-state index in [1.165, 1.54) is 17.0 Å². The molecule has 0 saturated heterocycles. The Labute approximate surface area is 156 Å². The minimum absolute atomic E-state index is 0.113. The average Bonchev–Trinajstić information content (AvgIpc) is 2.88. The molecule has 1 heterocycles. The third-order valence-electron chi connectivity index (χ3n) is 3.91. The van der Waals surface area contributed by atoms with Crippen LogP contribution >= 0.6 is 11.6 Å². The van der Waals surface area contributed by atoms with Crippen molar-refractivity contribution in [2.45, 2.75) is 13.0 Å². The zero-order valence-electron chi connectivity index (χ0n) is 14.0. The molecule has 6 heteroatoms. The molecule has 4 nitrogen and oxygen atoms in total. The van der Waals surface area contributed by atoms with Crippen LogP contribution in [0, 0.1) is 18.2 Å². The molecule has 26 heavy (non-hydrogen) atoms. The van der Waals surface area contributed by atoms with Gasteiger partial charge in [0, 0.05) is 18.5 Å². The van der Waals surface area contributed by atoms with Gasteiger partial charge in [-0.25, -0.2) is 4.39 Å². The Morgan fingerprint density at radius 2 is 1.96 bits per heavy atom. The lowest BCUT2D eigenvalue weighted by Crippen LogP contribution is -2.31. The van der Waals surface area contributed by atoms with E-state index in [0.29, 0.717) is 35.3 Å². The van der Waals surface area contributed by atoms with E-state index < -0.39 is 0 Å². The first kappa shape index (κ1) is 18.1. The molecule has 134 valence electrons. The molecule has 0 aromatic heterocycles. The summed E-state index contributed by atoms with van der Waals surface area (Å²) < 4.78 is 24.3. The van der Waals surface area contributed by atoms with Gasteiger partial charge in [0.25, 0.3) is 5.91 Å². The molecule has 1 amide bonds. The smallest absolute Gasteiger partial charge is 0.255 e. The number of halogens is 2. The van der Waals surface area contributed by atoms with Gasteiger partial charge in [-0.15, -0.1) is 6.42 Å². The van der Waals surface area contributed by atoms with Crippen molar-refractivity contribution in [3.63, 3.8) is 0 Å². The van der Waals surface area contributed by atoms with Crippen molar-refractivity contribution in [2.75, 3.05) is 19.8 Å². The van der Waals surface area contributed by atoms with Crippen LogP contribution in [0.1, 0.15) is 22.3 Å². The van der Waals surface area contributed by atoms with Crippen molar-refractivity contribution in [1.29, 1.82) is 0 Å². The van der Waals surface area contributed by atoms with Crippen molar-refractivity contribution in [1.82, 2.24) is 4.90 Å². The standard InChI is InChI=1S/C20H17ClFNO3/c1-2-8-23(13-14-4-6-16(22)7-5-14)20(24)15-11-17(21)19-18(12-15)25-9-3-10-26-19/h1,4-7,11-12H,3,8-10,13H2. The lowest BCUT2D eigenvalue weighted by atomic mass is 10.1. The van der Waals surface area contributed by atoms with Crippen LogP contribution in [-0.4, -0.2) is 30.6 Å². The summed E-state index contributed by atoms with van der Waals surface area (Å²) in [6.07, 6.45) is 6.15. The van der Waals surface area contributed by atoms with Gasteiger partial charge in [0.1, 0.15) is 5.82 Å². The summed E-state index contributed by atoms with van der Waals surface area (Å²) in [5.41, 5.74) is 1.13. The zero-order chi connectivity index (χ0) is 18.5. The van der Waals surface area contributed by atoms with Crippen molar-refractivity contribution >= 4 is 17.5 Å². The molecular weight excluding hydrogens is 357 g/mol. The number of ether oxygens (including phenoxy) is 2. The van der Waals surface area contributed by atoms with Crippen LogP contribution < -0.4 is 9.47 Å². The summed E-state index contributed by atoms with van der Waals surface area (Å²) in [7, 11) is 0. The van der Waals surface area contributed by atoms with E-state index in [1.807, 2.05) is 0 Å². The van der Waals surface area contributed by atoms with E-state index in [-0.39, 0.29) is 24.8 Å². The largest absolute Gasteiger partial charge is 0.489 e. The van der Waals surface area contributed by atoms with E-state index in [0.717, 1.165) is 12.0 Å². The first-order chi connectivity index (χ1) is 12.6. The molecule has 0 atom stereocenters. The summed E-state index contributed by atoms with van der Waals surface area (Å²) in [5, 5.41) is 0.315. The summed E-state index contributed by atoms with van der Waals surface area (Å²) in [4.78, 5) is 14.4. The highest BCUT2D eigenvalue weighted by Gasteiger charge is 2.21. The number of carbonyl (C=O) groups excluding carboxylic acids is 1. The third kappa shape index (κ3) is 4.09. The van der Waals surface area contributed by atoms with Crippen molar-refractivity contribution in [2.24, 2.45) is 0 Å². The van der Waals surface area contributed by atoms with Crippen LogP contribution in [-0.2, 0) is 6.54 Å². The maximum absolute atomic E-state index is 13.1. The second kappa shape index (κ2) is 8.11. The van der Waals surface area contributed by atoms with Gasteiger partial charge in [-0.3, -0.25) is 4.79 Å². The molecule has 2 aromatic rings. The van der Waals surface area contributed by atoms with Gasteiger partial charge < -0.3 is 14.4 Å².